The van der Waals surface area contributed by atoms with E-state index in [-0.39, 0.29) is 0 Å². The largest absolute Gasteiger partial charge is 0.476 e. The lowest BCUT2D eigenvalue weighted by Gasteiger charge is -2.40. The molecular weight excluding hydrogens is 242 g/mol. The highest BCUT2D eigenvalue weighted by molar-refractivity contribution is 5.67. The first kappa shape index (κ1) is 13.9. The van der Waals surface area contributed by atoms with E-state index in [1.54, 1.807) is 0 Å². The quantitative estimate of drug-likeness (QED) is 0.875. The van der Waals surface area contributed by atoms with Crippen LogP contribution in [0.15, 0.2) is 6.33 Å². The molecule has 1 saturated heterocycles. The zero-order valence-electron chi connectivity index (χ0n) is 12.0. The van der Waals surface area contributed by atoms with Gasteiger partial charge in [-0.1, -0.05) is 6.92 Å². The molecule has 0 bridgehead atoms. The molecule has 1 atom stereocenters. The Morgan fingerprint density at radius 2 is 2.16 bits per heavy atom. The van der Waals surface area contributed by atoms with Gasteiger partial charge in [0.05, 0.1) is 6.61 Å². The molecule has 1 aliphatic rings. The number of anilines is 2. The molecule has 0 aromatic carbocycles. The van der Waals surface area contributed by atoms with Crippen molar-refractivity contribution in [1.82, 2.24) is 14.9 Å². The van der Waals surface area contributed by atoms with Crippen molar-refractivity contribution >= 4 is 11.5 Å². The third-order valence-electron chi connectivity index (χ3n) is 3.58. The number of likely N-dealkylation sites (N-methyl/N-ethyl adjacent to an activating group) is 1. The van der Waals surface area contributed by atoms with E-state index in [4.69, 9.17) is 10.5 Å². The van der Waals surface area contributed by atoms with Crippen LogP contribution in [0.3, 0.4) is 0 Å². The smallest absolute Gasteiger partial charge is 0.242 e. The van der Waals surface area contributed by atoms with E-state index < -0.39 is 0 Å². The topological polar surface area (TPSA) is 67.5 Å². The van der Waals surface area contributed by atoms with Crippen LogP contribution in [0.2, 0.25) is 0 Å². The molecule has 6 heteroatoms. The summed E-state index contributed by atoms with van der Waals surface area (Å²) in [7, 11) is 0. The van der Waals surface area contributed by atoms with Crippen LogP contribution in [-0.2, 0) is 0 Å². The Labute approximate surface area is 114 Å². The summed E-state index contributed by atoms with van der Waals surface area (Å²) in [6, 6.07) is 0.503. The fraction of sp³-hybridized carbons (Fsp3) is 0.692. The van der Waals surface area contributed by atoms with E-state index in [0.717, 1.165) is 32.0 Å². The summed E-state index contributed by atoms with van der Waals surface area (Å²) in [4.78, 5) is 13.1. The number of nitrogens with zero attached hydrogens (tertiary/aromatic N) is 4. The van der Waals surface area contributed by atoms with Crippen molar-refractivity contribution in [1.29, 1.82) is 0 Å². The van der Waals surface area contributed by atoms with Crippen LogP contribution >= 0.6 is 0 Å². The van der Waals surface area contributed by atoms with Crippen LogP contribution in [0.25, 0.3) is 0 Å². The molecule has 2 heterocycles. The number of nitrogen functional groups attached to an aromatic ring is 1. The van der Waals surface area contributed by atoms with E-state index in [9.17, 15) is 0 Å². The minimum atomic E-state index is 0.484. The van der Waals surface area contributed by atoms with Gasteiger partial charge >= 0.3 is 0 Å². The Hall–Kier alpha value is -1.56. The lowest BCUT2D eigenvalue weighted by atomic mass is 10.2. The van der Waals surface area contributed by atoms with Crippen molar-refractivity contribution in [2.45, 2.75) is 26.8 Å². The van der Waals surface area contributed by atoms with Crippen LogP contribution in [0, 0.1) is 0 Å². The van der Waals surface area contributed by atoms with Crippen LogP contribution in [0.5, 0.6) is 5.88 Å². The third-order valence-corrected chi connectivity index (χ3v) is 3.58. The van der Waals surface area contributed by atoms with Crippen LogP contribution in [0.1, 0.15) is 20.8 Å². The number of piperazine rings is 1. The molecular formula is C13H23N5O. The van der Waals surface area contributed by atoms with Gasteiger partial charge in [-0.05, 0) is 20.4 Å². The summed E-state index contributed by atoms with van der Waals surface area (Å²) >= 11 is 0. The van der Waals surface area contributed by atoms with Gasteiger partial charge in [-0.2, -0.15) is 4.98 Å². The molecule has 1 fully saturated rings. The maximum atomic E-state index is 6.11. The second-order valence-electron chi connectivity index (χ2n) is 4.77. The molecule has 1 aromatic heterocycles. The van der Waals surface area contributed by atoms with Crippen LogP contribution < -0.4 is 15.4 Å². The standard InChI is InChI=1S/C13H23N5O/c1-4-17-6-7-18(8-10(17)3)12-11(14)13(19-5-2)16-9-15-12/h9-10H,4-8,14H2,1-3H3. The normalized spacial score (nSPS) is 20.6. The maximum absolute atomic E-state index is 6.11. The maximum Gasteiger partial charge on any atom is 0.242 e. The minimum absolute atomic E-state index is 0.484. The zero-order chi connectivity index (χ0) is 13.8. The summed E-state index contributed by atoms with van der Waals surface area (Å²) in [6.45, 7) is 10.9. The van der Waals surface area contributed by atoms with Gasteiger partial charge in [0.15, 0.2) is 5.82 Å². The summed E-state index contributed by atoms with van der Waals surface area (Å²) < 4.78 is 5.42. The average Bonchev–Trinajstić information content (AvgIpc) is 2.41. The molecule has 6 nitrogen and oxygen atoms in total. The molecule has 0 spiro atoms. The van der Waals surface area contributed by atoms with Crippen molar-refractivity contribution in [2.75, 3.05) is 43.4 Å². The zero-order valence-corrected chi connectivity index (χ0v) is 12.0. The minimum Gasteiger partial charge on any atom is -0.476 e. The first-order valence-electron chi connectivity index (χ1n) is 6.89. The molecule has 1 aliphatic heterocycles. The highest BCUT2D eigenvalue weighted by Gasteiger charge is 2.25. The van der Waals surface area contributed by atoms with Crippen molar-refractivity contribution in [3.63, 3.8) is 0 Å². The Bertz CT molecular complexity index is 425. The molecule has 1 unspecified atom stereocenters. The molecule has 19 heavy (non-hydrogen) atoms. The van der Waals surface area contributed by atoms with Gasteiger partial charge < -0.3 is 15.4 Å². The first-order chi connectivity index (χ1) is 9.17. The SMILES string of the molecule is CCOc1ncnc(N2CCN(CC)C(C)C2)c1N. The van der Waals surface area contributed by atoms with E-state index in [1.807, 2.05) is 6.92 Å². The molecule has 2 N–H and O–H groups in total. The fourth-order valence-electron chi connectivity index (χ4n) is 2.53. The summed E-state index contributed by atoms with van der Waals surface area (Å²) in [6.07, 6.45) is 1.52. The highest BCUT2D eigenvalue weighted by atomic mass is 16.5. The molecule has 1 aromatic rings. The van der Waals surface area contributed by atoms with Crippen molar-refractivity contribution in [3.8, 4) is 5.88 Å². The van der Waals surface area contributed by atoms with E-state index >= 15 is 0 Å². The summed E-state index contributed by atoms with van der Waals surface area (Å²) in [5.41, 5.74) is 6.65. The molecule has 106 valence electrons. The van der Waals surface area contributed by atoms with E-state index in [0.29, 0.717) is 24.2 Å². The number of ether oxygens (including phenoxy) is 1. The average molecular weight is 265 g/mol. The Morgan fingerprint density at radius 1 is 1.37 bits per heavy atom. The second kappa shape index (κ2) is 6.06. The van der Waals surface area contributed by atoms with Crippen molar-refractivity contribution < 1.29 is 4.74 Å². The van der Waals surface area contributed by atoms with Crippen LogP contribution in [-0.4, -0.2) is 53.7 Å². The van der Waals surface area contributed by atoms with Crippen LogP contribution in [0.4, 0.5) is 11.5 Å². The molecule has 0 amide bonds. The van der Waals surface area contributed by atoms with Gasteiger partial charge in [0.25, 0.3) is 0 Å². The first-order valence-corrected chi connectivity index (χ1v) is 6.89. The lowest BCUT2D eigenvalue weighted by molar-refractivity contribution is 0.199. The second-order valence-corrected chi connectivity index (χ2v) is 4.77. The number of rotatable bonds is 4. The van der Waals surface area contributed by atoms with Gasteiger partial charge in [-0.3, -0.25) is 4.90 Å². The predicted octanol–water partition coefficient (Wildman–Crippen LogP) is 0.988. The monoisotopic (exact) mass is 265 g/mol. The Kier molecular flexibility index (Phi) is 4.42. The number of hydrogen-bond acceptors (Lipinski definition) is 6. The van der Waals surface area contributed by atoms with Gasteiger partial charge in [0.1, 0.15) is 12.0 Å². The molecule has 0 radical (unpaired) electrons. The predicted molar refractivity (Wildman–Crippen MR) is 76.5 cm³/mol. The molecule has 0 saturated carbocycles. The third kappa shape index (κ3) is 2.89. The van der Waals surface area contributed by atoms with Crippen molar-refractivity contribution in [2.24, 2.45) is 0 Å². The summed E-state index contributed by atoms with van der Waals surface area (Å²) in [5, 5.41) is 0. The number of aromatic nitrogens is 2. The summed E-state index contributed by atoms with van der Waals surface area (Å²) in [5.74, 6) is 1.28. The van der Waals surface area contributed by atoms with E-state index in [1.165, 1.54) is 6.33 Å². The van der Waals surface area contributed by atoms with Crippen molar-refractivity contribution in [3.05, 3.63) is 6.33 Å². The molecule has 0 aliphatic carbocycles. The molecule has 2 rings (SSSR count). The lowest BCUT2D eigenvalue weighted by Crippen LogP contribution is -2.52. The highest BCUT2D eigenvalue weighted by Crippen LogP contribution is 2.29. The van der Waals surface area contributed by atoms with E-state index in [2.05, 4.69) is 33.6 Å². The Morgan fingerprint density at radius 3 is 2.79 bits per heavy atom. The van der Waals surface area contributed by atoms with Gasteiger partial charge in [0, 0.05) is 25.7 Å². The van der Waals surface area contributed by atoms with Gasteiger partial charge in [-0.15, -0.1) is 0 Å². The van der Waals surface area contributed by atoms with Gasteiger partial charge in [0.2, 0.25) is 5.88 Å². The fourth-order valence-corrected chi connectivity index (χ4v) is 2.53. The van der Waals surface area contributed by atoms with Gasteiger partial charge in [-0.25, -0.2) is 4.98 Å². The Balaban J connectivity index is 2.16. The number of hydrogen-bond donors (Lipinski definition) is 1. The number of nitrogens with two attached hydrogens (primary N) is 1.